The number of aromatic nitrogens is 3. The van der Waals surface area contributed by atoms with Crippen molar-refractivity contribution in [2.75, 3.05) is 20.2 Å². The molecule has 2 fully saturated rings. The van der Waals surface area contributed by atoms with Crippen LogP contribution in [0.4, 0.5) is 4.79 Å². The molecule has 0 spiro atoms. The van der Waals surface area contributed by atoms with Crippen LogP contribution in [0.5, 0.6) is 0 Å². The number of rotatable bonds is 5. The lowest BCUT2D eigenvalue weighted by atomic mass is 9.58. The SMILES string of the molecule is CCC1(CC)[C@@H](NC(=O)N2CCC(n3cncn3)CC2)C[C@H]1OC. The Hall–Kier alpha value is -1.63. The van der Waals surface area contributed by atoms with E-state index in [0.717, 1.165) is 45.2 Å². The number of hydrogen-bond acceptors (Lipinski definition) is 4. The van der Waals surface area contributed by atoms with Crippen molar-refractivity contribution in [1.82, 2.24) is 25.0 Å². The molecule has 1 saturated heterocycles. The van der Waals surface area contributed by atoms with E-state index in [2.05, 4.69) is 29.2 Å². The van der Waals surface area contributed by atoms with E-state index < -0.39 is 0 Å². The lowest BCUT2D eigenvalue weighted by Gasteiger charge is -2.55. The zero-order chi connectivity index (χ0) is 17.2. The van der Waals surface area contributed by atoms with Crippen LogP contribution < -0.4 is 5.32 Å². The maximum Gasteiger partial charge on any atom is 0.317 e. The van der Waals surface area contributed by atoms with Gasteiger partial charge in [-0.3, -0.25) is 0 Å². The Morgan fingerprint density at radius 2 is 2.04 bits per heavy atom. The normalized spacial score (nSPS) is 26.9. The fraction of sp³-hybridized carbons (Fsp3) is 0.824. The van der Waals surface area contributed by atoms with Gasteiger partial charge in [-0.25, -0.2) is 14.5 Å². The standard InChI is InChI=1S/C17H29N5O2/c1-4-17(5-2)14(10-15(17)24-3)20-16(23)21-8-6-13(7-9-21)22-12-18-11-19-22/h11-15H,4-10H2,1-3H3,(H,20,23)/t14-,15+/m0/s1. The van der Waals surface area contributed by atoms with E-state index in [4.69, 9.17) is 4.74 Å². The maximum atomic E-state index is 12.6. The molecule has 7 heteroatoms. The van der Waals surface area contributed by atoms with Crippen LogP contribution in [0, 0.1) is 5.41 Å². The Morgan fingerprint density at radius 1 is 1.33 bits per heavy atom. The Morgan fingerprint density at radius 3 is 2.58 bits per heavy atom. The van der Waals surface area contributed by atoms with Gasteiger partial charge in [0.15, 0.2) is 0 Å². The molecule has 2 heterocycles. The molecule has 134 valence electrons. The van der Waals surface area contributed by atoms with Crippen LogP contribution in [0.25, 0.3) is 0 Å². The molecule has 24 heavy (non-hydrogen) atoms. The highest BCUT2D eigenvalue weighted by Crippen LogP contribution is 2.48. The largest absolute Gasteiger partial charge is 0.381 e. The van der Waals surface area contributed by atoms with Crippen LogP contribution in [-0.2, 0) is 4.74 Å². The van der Waals surface area contributed by atoms with Gasteiger partial charge in [0.2, 0.25) is 0 Å². The Balaban J connectivity index is 1.53. The average Bonchev–Trinajstić information content (AvgIpc) is 3.14. The number of carbonyl (C=O) groups excluding carboxylic acids is 1. The molecule has 0 aromatic carbocycles. The van der Waals surface area contributed by atoms with Gasteiger partial charge in [-0.05, 0) is 32.1 Å². The molecule has 1 aromatic rings. The molecular weight excluding hydrogens is 306 g/mol. The number of ether oxygens (including phenoxy) is 1. The zero-order valence-corrected chi connectivity index (χ0v) is 14.9. The number of amides is 2. The number of hydrogen-bond donors (Lipinski definition) is 1. The van der Waals surface area contributed by atoms with Gasteiger partial charge >= 0.3 is 6.03 Å². The second kappa shape index (κ2) is 7.09. The monoisotopic (exact) mass is 335 g/mol. The number of methoxy groups -OCH3 is 1. The number of urea groups is 1. The highest BCUT2D eigenvalue weighted by atomic mass is 16.5. The molecule has 0 radical (unpaired) electrons. The fourth-order valence-corrected chi connectivity index (χ4v) is 4.46. The molecular formula is C17H29N5O2. The van der Waals surface area contributed by atoms with Gasteiger partial charge in [0.05, 0.1) is 12.1 Å². The van der Waals surface area contributed by atoms with Crippen molar-refractivity contribution in [2.24, 2.45) is 5.41 Å². The molecule has 7 nitrogen and oxygen atoms in total. The van der Waals surface area contributed by atoms with Crippen LogP contribution in [-0.4, -0.2) is 58.0 Å². The summed E-state index contributed by atoms with van der Waals surface area (Å²) in [7, 11) is 1.78. The topological polar surface area (TPSA) is 72.3 Å². The summed E-state index contributed by atoms with van der Waals surface area (Å²) in [5.74, 6) is 0. The van der Waals surface area contributed by atoms with Crippen LogP contribution in [0.15, 0.2) is 12.7 Å². The molecule has 1 aromatic heterocycles. The second-order valence-electron chi connectivity index (χ2n) is 7.00. The number of nitrogens with one attached hydrogen (secondary N) is 1. The highest BCUT2D eigenvalue weighted by molar-refractivity contribution is 5.75. The summed E-state index contributed by atoms with van der Waals surface area (Å²) in [5.41, 5.74) is 0.0868. The third-order valence-corrected chi connectivity index (χ3v) is 6.25. The first kappa shape index (κ1) is 17.2. The number of piperidine rings is 1. The molecule has 1 aliphatic carbocycles. The highest BCUT2D eigenvalue weighted by Gasteiger charge is 2.53. The van der Waals surface area contributed by atoms with E-state index in [1.807, 2.05) is 9.58 Å². The molecule has 2 aliphatic rings. The Kier molecular flexibility index (Phi) is 5.08. The summed E-state index contributed by atoms with van der Waals surface area (Å²) in [6, 6.07) is 0.638. The smallest absolute Gasteiger partial charge is 0.317 e. The summed E-state index contributed by atoms with van der Waals surface area (Å²) >= 11 is 0. The van der Waals surface area contributed by atoms with Crippen molar-refractivity contribution >= 4 is 6.03 Å². The molecule has 1 aliphatic heterocycles. The molecule has 2 atom stereocenters. The lowest BCUT2D eigenvalue weighted by Crippen LogP contribution is -2.65. The van der Waals surface area contributed by atoms with Gasteiger partial charge in [0.25, 0.3) is 0 Å². The third kappa shape index (κ3) is 2.90. The third-order valence-electron chi connectivity index (χ3n) is 6.25. The second-order valence-corrected chi connectivity index (χ2v) is 7.00. The molecule has 1 N–H and O–H groups in total. The van der Waals surface area contributed by atoms with E-state index in [0.29, 0.717) is 6.04 Å². The zero-order valence-electron chi connectivity index (χ0n) is 14.9. The van der Waals surface area contributed by atoms with E-state index in [1.165, 1.54) is 0 Å². The molecule has 2 amide bonds. The summed E-state index contributed by atoms with van der Waals surface area (Å²) in [6.07, 6.45) is 8.41. The summed E-state index contributed by atoms with van der Waals surface area (Å²) in [4.78, 5) is 18.6. The average molecular weight is 335 g/mol. The minimum absolute atomic E-state index is 0.0675. The van der Waals surface area contributed by atoms with Crippen LogP contribution >= 0.6 is 0 Å². The van der Waals surface area contributed by atoms with Crippen molar-refractivity contribution in [3.8, 4) is 0 Å². The van der Waals surface area contributed by atoms with Crippen molar-refractivity contribution in [3.05, 3.63) is 12.7 Å². The van der Waals surface area contributed by atoms with Crippen molar-refractivity contribution in [1.29, 1.82) is 0 Å². The van der Waals surface area contributed by atoms with Crippen LogP contribution in [0.2, 0.25) is 0 Å². The quantitative estimate of drug-likeness (QED) is 0.895. The predicted molar refractivity (Wildman–Crippen MR) is 90.6 cm³/mol. The fourth-order valence-electron chi connectivity index (χ4n) is 4.46. The van der Waals surface area contributed by atoms with Crippen molar-refractivity contribution in [2.45, 2.75) is 64.1 Å². The lowest BCUT2D eigenvalue weighted by molar-refractivity contribution is -0.120. The first-order valence-electron chi connectivity index (χ1n) is 9.07. The van der Waals surface area contributed by atoms with E-state index in [9.17, 15) is 4.79 Å². The molecule has 3 rings (SSSR count). The van der Waals surface area contributed by atoms with Gasteiger partial charge in [-0.2, -0.15) is 5.10 Å². The molecule has 1 saturated carbocycles. The summed E-state index contributed by atoms with van der Waals surface area (Å²) < 4.78 is 7.52. The predicted octanol–water partition coefficient (Wildman–Crippen LogP) is 2.22. The molecule has 0 unspecified atom stereocenters. The van der Waals surface area contributed by atoms with Crippen molar-refractivity contribution in [3.63, 3.8) is 0 Å². The van der Waals surface area contributed by atoms with Crippen LogP contribution in [0.3, 0.4) is 0 Å². The Labute approximate surface area is 143 Å². The van der Waals surface area contributed by atoms with E-state index >= 15 is 0 Å². The van der Waals surface area contributed by atoms with Gasteiger partial charge in [-0.1, -0.05) is 13.8 Å². The first-order valence-corrected chi connectivity index (χ1v) is 9.07. The van der Waals surface area contributed by atoms with Gasteiger partial charge in [-0.15, -0.1) is 0 Å². The minimum atomic E-state index is 0.0675. The van der Waals surface area contributed by atoms with E-state index in [1.54, 1.807) is 19.8 Å². The summed E-state index contributed by atoms with van der Waals surface area (Å²) in [5, 5.41) is 7.48. The number of carbonyl (C=O) groups is 1. The van der Waals surface area contributed by atoms with Gasteiger partial charge < -0.3 is 15.0 Å². The van der Waals surface area contributed by atoms with E-state index in [-0.39, 0.29) is 23.6 Å². The van der Waals surface area contributed by atoms with Crippen LogP contribution in [0.1, 0.15) is 52.0 Å². The van der Waals surface area contributed by atoms with Crippen molar-refractivity contribution < 1.29 is 9.53 Å². The molecule has 0 bridgehead atoms. The number of nitrogens with zero attached hydrogens (tertiary/aromatic N) is 4. The Bertz CT molecular complexity index is 535. The first-order chi connectivity index (χ1) is 11.6. The number of likely N-dealkylation sites (tertiary alicyclic amines) is 1. The maximum absolute atomic E-state index is 12.6. The minimum Gasteiger partial charge on any atom is -0.381 e. The summed E-state index contributed by atoms with van der Waals surface area (Å²) in [6.45, 7) is 5.92. The van der Waals surface area contributed by atoms with Gasteiger partial charge in [0, 0.05) is 31.7 Å². The van der Waals surface area contributed by atoms with Gasteiger partial charge in [0.1, 0.15) is 12.7 Å².